The van der Waals surface area contributed by atoms with Crippen LogP contribution in [0.5, 0.6) is 0 Å². The third kappa shape index (κ3) is 8.71. The van der Waals surface area contributed by atoms with E-state index in [1.807, 2.05) is 13.8 Å². The number of ether oxygens (including phenoxy) is 1. The van der Waals surface area contributed by atoms with Crippen molar-refractivity contribution in [2.75, 3.05) is 0 Å². The zero-order valence-corrected chi connectivity index (χ0v) is 17.5. The molecule has 0 aromatic rings. The minimum atomic E-state index is -1.19. The lowest BCUT2D eigenvalue weighted by Crippen LogP contribution is -2.53. The Balaban J connectivity index is 2.79. The van der Waals surface area contributed by atoms with Crippen LogP contribution >= 0.6 is 0 Å². The molecular weight excluding hydrogens is 364 g/mol. The number of rotatable bonds is 8. The number of nitrogens with one attached hydrogen (secondary N) is 2. The molecule has 0 radical (unpaired) electrons. The first-order valence-electron chi connectivity index (χ1n) is 9.94. The van der Waals surface area contributed by atoms with Gasteiger partial charge in [0.05, 0.1) is 0 Å². The maximum absolute atomic E-state index is 12.7. The largest absolute Gasteiger partial charge is 0.480 e. The van der Waals surface area contributed by atoms with Crippen LogP contribution in [-0.2, 0) is 19.1 Å². The van der Waals surface area contributed by atoms with Crippen molar-refractivity contribution in [2.24, 2.45) is 11.8 Å². The van der Waals surface area contributed by atoms with Crippen LogP contribution in [0.1, 0.15) is 73.1 Å². The van der Waals surface area contributed by atoms with E-state index in [9.17, 15) is 24.3 Å². The van der Waals surface area contributed by atoms with Gasteiger partial charge in [-0.05, 0) is 52.4 Å². The molecule has 3 atom stereocenters. The van der Waals surface area contributed by atoms with E-state index in [-0.39, 0.29) is 24.0 Å². The highest BCUT2D eigenvalue weighted by atomic mass is 16.6. The lowest BCUT2D eigenvalue weighted by molar-refractivity contribution is -0.143. The Morgan fingerprint density at radius 2 is 1.79 bits per heavy atom. The number of carbonyl (C=O) groups excluding carboxylic acids is 3. The summed E-state index contributed by atoms with van der Waals surface area (Å²) in [6.45, 7) is 8.93. The summed E-state index contributed by atoms with van der Waals surface area (Å²) in [7, 11) is 0. The van der Waals surface area contributed by atoms with E-state index in [4.69, 9.17) is 4.74 Å². The van der Waals surface area contributed by atoms with Gasteiger partial charge in [0.2, 0.25) is 5.91 Å². The Hall–Kier alpha value is -2.12. The van der Waals surface area contributed by atoms with Crippen LogP contribution in [0.25, 0.3) is 0 Å². The van der Waals surface area contributed by atoms with Crippen LogP contribution < -0.4 is 10.6 Å². The predicted octanol–water partition coefficient (Wildman–Crippen LogP) is 2.64. The molecule has 3 N–H and O–H groups in total. The number of carbonyl (C=O) groups is 4. The second kappa shape index (κ2) is 10.4. The Labute approximate surface area is 166 Å². The molecule has 1 aliphatic carbocycles. The molecule has 2 unspecified atom stereocenters. The normalized spacial score (nSPS) is 19.6. The van der Waals surface area contributed by atoms with Gasteiger partial charge in [0.25, 0.3) is 0 Å². The highest BCUT2D eigenvalue weighted by Gasteiger charge is 2.32. The van der Waals surface area contributed by atoms with Gasteiger partial charge in [-0.25, -0.2) is 9.59 Å². The zero-order chi connectivity index (χ0) is 21.5. The molecule has 8 nitrogen and oxygen atoms in total. The Morgan fingerprint density at radius 1 is 1.14 bits per heavy atom. The number of amides is 2. The fraction of sp³-hybridized carbons (Fsp3) is 0.800. The number of carboxylic acids is 1. The van der Waals surface area contributed by atoms with Crippen LogP contribution in [0.2, 0.25) is 0 Å². The van der Waals surface area contributed by atoms with Crippen molar-refractivity contribution in [3.05, 3.63) is 0 Å². The second-order valence-corrected chi connectivity index (χ2v) is 8.87. The molecule has 160 valence electrons. The SMILES string of the molecule is CC(C)CC(NC(=O)OC(C)(C)C)C(=O)NC(C[C@@H]1CCCCC1=O)C(=O)O. The minimum Gasteiger partial charge on any atom is -0.480 e. The highest BCUT2D eigenvalue weighted by Crippen LogP contribution is 2.24. The maximum Gasteiger partial charge on any atom is 0.408 e. The quantitative estimate of drug-likeness (QED) is 0.578. The van der Waals surface area contributed by atoms with Gasteiger partial charge in [-0.15, -0.1) is 0 Å². The number of aliphatic carboxylic acids is 1. The van der Waals surface area contributed by atoms with Crippen molar-refractivity contribution in [1.82, 2.24) is 10.6 Å². The molecule has 0 spiro atoms. The number of ketones is 1. The third-order valence-electron chi connectivity index (χ3n) is 4.53. The van der Waals surface area contributed by atoms with E-state index in [1.165, 1.54) is 0 Å². The Morgan fingerprint density at radius 3 is 2.29 bits per heavy atom. The van der Waals surface area contributed by atoms with E-state index < -0.39 is 35.7 Å². The standard InChI is InChI=1S/C20H34N2O6/c1-12(2)10-14(22-19(27)28-20(3,4)5)17(24)21-15(18(25)26)11-13-8-6-7-9-16(13)23/h12-15H,6-11H2,1-5H3,(H,21,24)(H,22,27)(H,25,26)/t13-,14?,15?/m0/s1. The van der Waals surface area contributed by atoms with Crippen LogP contribution in [-0.4, -0.2) is 46.5 Å². The van der Waals surface area contributed by atoms with Crippen LogP contribution in [0.15, 0.2) is 0 Å². The summed E-state index contributed by atoms with van der Waals surface area (Å²) in [4.78, 5) is 48.4. The van der Waals surface area contributed by atoms with Crippen molar-refractivity contribution in [3.63, 3.8) is 0 Å². The number of hydrogen-bond donors (Lipinski definition) is 3. The number of Topliss-reactive ketones (excluding diaryl/α,β-unsaturated/α-hetero) is 1. The Bertz CT molecular complexity index is 582. The molecule has 1 fully saturated rings. The van der Waals surface area contributed by atoms with E-state index in [0.29, 0.717) is 19.3 Å². The van der Waals surface area contributed by atoms with Gasteiger partial charge in [0.15, 0.2) is 0 Å². The fourth-order valence-electron chi connectivity index (χ4n) is 3.24. The monoisotopic (exact) mass is 398 g/mol. The summed E-state index contributed by atoms with van der Waals surface area (Å²) in [5.41, 5.74) is -0.714. The molecule has 0 bridgehead atoms. The molecule has 0 heterocycles. The van der Waals surface area contributed by atoms with Gasteiger partial charge in [-0.1, -0.05) is 20.3 Å². The molecule has 0 aromatic carbocycles. The van der Waals surface area contributed by atoms with Gasteiger partial charge in [0, 0.05) is 12.3 Å². The average molecular weight is 399 g/mol. The fourth-order valence-corrected chi connectivity index (χ4v) is 3.24. The van der Waals surface area contributed by atoms with Crippen molar-refractivity contribution < 1.29 is 29.0 Å². The molecule has 1 rings (SSSR count). The number of alkyl carbamates (subject to hydrolysis) is 1. The predicted molar refractivity (Wildman–Crippen MR) is 104 cm³/mol. The summed E-state index contributed by atoms with van der Waals surface area (Å²) in [5, 5.41) is 14.5. The summed E-state index contributed by atoms with van der Waals surface area (Å²) in [6.07, 6.45) is 2.48. The van der Waals surface area contributed by atoms with Crippen molar-refractivity contribution in [3.8, 4) is 0 Å². The molecule has 0 saturated heterocycles. The average Bonchev–Trinajstić information content (AvgIpc) is 2.53. The van der Waals surface area contributed by atoms with Crippen LogP contribution in [0, 0.1) is 11.8 Å². The van der Waals surface area contributed by atoms with E-state index in [2.05, 4.69) is 10.6 Å². The first-order chi connectivity index (χ1) is 12.9. The molecule has 28 heavy (non-hydrogen) atoms. The molecule has 0 aromatic heterocycles. The van der Waals surface area contributed by atoms with Crippen molar-refractivity contribution in [2.45, 2.75) is 90.8 Å². The molecular formula is C20H34N2O6. The summed E-state index contributed by atoms with van der Waals surface area (Å²) in [6, 6.07) is -2.09. The lowest BCUT2D eigenvalue weighted by atomic mass is 9.83. The summed E-state index contributed by atoms with van der Waals surface area (Å²) in [5.74, 6) is -1.98. The van der Waals surface area contributed by atoms with Gasteiger partial charge in [0.1, 0.15) is 23.5 Å². The summed E-state index contributed by atoms with van der Waals surface area (Å²) >= 11 is 0. The van der Waals surface area contributed by atoms with Crippen molar-refractivity contribution >= 4 is 23.8 Å². The first-order valence-corrected chi connectivity index (χ1v) is 9.94. The molecule has 0 aliphatic heterocycles. The number of carboxylic acid groups (broad SMARTS) is 1. The smallest absolute Gasteiger partial charge is 0.408 e. The van der Waals surface area contributed by atoms with E-state index >= 15 is 0 Å². The topological polar surface area (TPSA) is 122 Å². The molecule has 1 saturated carbocycles. The van der Waals surface area contributed by atoms with Gasteiger partial charge in [-0.2, -0.15) is 0 Å². The third-order valence-corrected chi connectivity index (χ3v) is 4.53. The van der Waals surface area contributed by atoms with Crippen LogP contribution in [0.3, 0.4) is 0 Å². The molecule has 2 amide bonds. The Kier molecular flexibility index (Phi) is 8.91. The number of hydrogen-bond acceptors (Lipinski definition) is 5. The zero-order valence-electron chi connectivity index (χ0n) is 17.5. The van der Waals surface area contributed by atoms with Crippen molar-refractivity contribution in [1.29, 1.82) is 0 Å². The van der Waals surface area contributed by atoms with Crippen LogP contribution in [0.4, 0.5) is 4.79 Å². The van der Waals surface area contributed by atoms with Gasteiger partial charge >= 0.3 is 12.1 Å². The first kappa shape index (κ1) is 23.9. The maximum atomic E-state index is 12.7. The van der Waals surface area contributed by atoms with Gasteiger partial charge < -0.3 is 20.5 Å². The lowest BCUT2D eigenvalue weighted by Gasteiger charge is -2.27. The second-order valence-electron chi connectivity index (χ2n) is 8.87. The van der Waals surface area contributed by atoms with Gasteiger partial charge in [-0.3, -0.25) is 9.59 Å². The van der Waals surface area contributed by atoms with E-state index in [1.54, 1.807) is 20.8 Å². The minimum absolute atomic E-state index is 0.0531. The molecule has 1 aliphatic rings. The summed E-state index contributed by atoms with van der Waals surface area (Å²) < 4.78 is 5.20. The van der Waals surface area contributed by atoms with E-state index in [0.717, 1.165) is 12.8 Å². The molecule has 8 heteroatoms. The highest BCUT2D eigenvalue weighted by molar-refractivity contribution is 5.90.